The minimum Gasteiger partial charge on any atom is -0.346 e. The van der Waals surface area contributed by atoms with E-state index in [4.69, 9.17) is 0 Å². The third-order valence-corrected chi connectivity index (χ3v) is 2.96. The Morgan fingerprint density at radius 3 is 3.07 bits per heavy atom. The monoisotopic (exact) mass is 221 g/mol. The zero-order valence-corrected chi connectivity index (χ0v) is 9.10. The SMILES string of the molecule is Cc1cscc1C(=O)NCc1ccn[nH]1. The largest absolute Gasteiger partial charge is 0.346 e. The minimum absolute atomic E-state index is 0.0386. The molecule has 0 unspecified atom stereocenters. The second-order valence-electron chi connectivity index (χ2n) is 3.23. The lowest BCUT2D eigenvalue weighted by molar-refractivity contribution is 0.0950. The smallest absolute Gasteiger partial charge is 0.252 e. The van der Waals surface area contributed by atoms with Crippen LogP contribution in [0.25, 0.3) is 0 Å². The first-order valence-electron chi connectivity index (χ1n) is 4.56. The number of carbonyl (C=O) groups excluding carboxylic acids is 1. The Morgan fingerprint density at radius 2 is 2.47 bits per heavy atom. The van der Waals surface area contributed by atoms with Crippen molar-refractivity contribution in [3.63, 3.8) is 0 Å². The van der Waals surface area contributed by atoms with Gasteiger partial charge in [-0.1, -0.05) is 0 Å². The number of carbonyl (C=O) groups is 1. The number of hydrogen-bond acceptors (Lipinski definition) is 3. The van der Waals surface area contributed by atoms with Crippen LogP contribution < -0.4 is 5.32 Å². The van der Waals surface area contributed by atoms with E-state index < -0.39 is 0 Å². The highest BCUT2D eigenvalue weighted by atomic mass is 32.1. The number of nitrogens with one attached hydrogen (secondary N) is 2. The fourth-order valence-corrected chi connectivity index (χ4v) is 2.08. The molecule has 0 fully saturated rings. The van der Waals surface area contributed by atoms with Gasteiger partial charge in [-0.25, -0.2) is 0 Å². The first-order chi connectivity index (χ1) is 7.27. The molecule has 78 valence electrons. The molecule has 0 bridgehead atoms. The van der Waals surface area contributed by atoms with Crippen molar-refractivity contribution in [2.24, 2.45) is 0 Å². The molecule has 2 rings (SSSR count). The van der Waals surface area contributed by atoms with E-state index in [-0.39, 0.29) is 5.91 Å². The van der Waals surface area contributed by atoms with Crippen molar-refractivity contribution in [3.05, 3.63) is 39.8 Å². The van der Waals surface area contributed by atoms with Gasteiger partial charge in [0.2, 0.25) is 0 Å². The molecule has 1 amide bonds. The van der Waals surface area contributed by atoms with E-state index in [0.29, 0.717) is 6.54 Å². The Balaban J connectivity index is 1.96. The molecular weight excluding hydrogens is 210 g/mol. The molecule has 5 heteroatoms. The molecule has 2 N–H and O–H groups in total. The maximum Gasteiger partial charge on any atom is 0.252 e. The molecule has 2 aromatic heterocycles. The van der Waals surface area contributed by atoms with Crippen LogP contribution in [-0.2, 0) is 6.54 Å². The molecule has 4 nitrogen and oxygen atoms in total. The van der Waals surface area contributed by atoms with Crippen molar-refractivity contribution >= 4 is 17.2 Å². The number of thiophene rings is 1. The summed E-state index contributed by atoms with van der Waals surface area (Å²) in [5, 5.41) is 13.2. The van der Waals surface area contributed by atoms with Crippen molar-refractivity contribution < 1.29 is 4.79 Å². The number of hydrogen-bond donors (Lipinski definition) is 2. The number of aromatic nitrogens is 2. The number of amides is 1. The summed E-state index contributed by atoms with van der Waals surface area (Å²) in [5.41, 5.74) is 2.66. The molecule has 0 aliphatic rings. The Morgan fingerprint density at radius 1 is 1.60 bits per heavy atom. The van der Waals surface area contributed by atoms with Crippen molar-refractivity contribution in [1.82, 2.24) is 15.5 Å². The number of H-pyrrole nitrogens is 1. The quantitative estimate of drug-likeness (QED) is 0.829. The van der Waals surface area contributed by atoms with Gasteiger partial charge >= 0.3 is 0 Å². The van der Waals surface area contributed by atoms with E-state index in [9.17, 15) is 4.79 Å². The van der Waals surface area contributed by atoms with Crippen LogP contribution in [0.3, 0.4) is 0 Å². The highest BCUT2D eigenvalue weighted by Gasteiger charge is 2.08. The van der Waals surface area contributed by atoms with Gasteiger partial charge in [-0.3, -0.25) is 9.89 Å². The highest BCUT2D eigenvalue weighted by Crippen LogP contribution is 2.13. The van der Waals surface area contributed by atoms with Crippen LogP contribution in [0.15, 0.2) is 23.0 Å². The minimum atomic E-state index is -0.0386. The molecule has 0 aromatic carbocycles. The van der Waals surface area contributed by atoms with Crippen molar-refractivity contribution in [2.45, 2.75) is 13.5 Å². The first-order valence-corrected chi connectivity index (χ1v) is 5.51. The summed E-state index contributed by atoms with van der Waals surface area (Å²) in [7, 11) is 0. The molecule has 0 aliphatic carbocycles. The second-order valence-corrected chi connectivity index (χ2v) is 3.98. The summed E-state index contributed by atoms with van der Waals surface area (Å²) in [4.78, 5) is 11.7. The summed E-state index contributed by atoms with van der Waals surface area (Å²) in [5.74, 6) is -0.0386. The van der Waals surface area contributed by atoms with Gasteiger partial charge in [0.15, 0.2) is 0 Å². The molecular formula is C10H11N3OS. The molecule has 2 aromatic rings. The third kappa shape index (κ3) is 2.24. The summed E-state index contributed by atoms with van der Waals surface area (Å²) in [6.45, 7) is 2.41. The average molecular weight is 221 g/mol. The number of rotatable bonds is 3. The molecule has 0 saturated heterocycles. The van der Waals surface area contributed by atoms with Gasteiger partial charge in [-0.2, -0.15) is 16.4 Å². The first kappa shape index (κ1) is 9.92. The van der Waals surface area contributed by atoms with Crippen molar-refractivity contribution in [2.75, 3.05) is 0 Å². The predicted octanol–water partition coefficient (Wildman–Crippen LogP) is 1.71. The fraction of sp³-hybridized carbons (Fsp3) is 0.200. The van der Waals surface area contributed by atoms with E-state index in [2.05, 4.69) is 15.5 Å². The van der Waals surface area contributed by atoms with E-state index in [1.54, 1.807) is 6.20 Å². The Hall–Kier alpha value is -1.62. The maximum absolute atomic E-state index is 11.7. The van der Waals surface area contributed by atoms with E-state index in [1.165, 1.54) is 11.3 Å². The summed E-state index contributed by atoms with van der Waals surface area (Å²) < 4.78 is 0. The fourth-order valence-electron chi connectivity index (χ4n) is 1.25. The summed E-state index contributed by atoms with van der Waals surface area (Å²) in [6.07, 6.45) is 1.66. The Kier molecular flexibility index (Phi) is 2.82. The lowest BCUT2D eigenvalue weighted by atomic mass is 10.2. The number of aryl methyl sites for hydroxylation is 1. The van der Waals surface area contributed by atoms with Gasteiger partial charge < -0.3 is 5.32 Å². The highest BCUT2D eigenvalue weighted by molar-refractivity contribution is 7.08. The second kappa shape index (κ2) is 4.27. The summed E-state index contributed by atoms with van der Waals surface area (Å²) >= 11 is 1.54. The van der Waals surface area contributed by atoms with Crippen LogP contribution in [0.5, 0.6) is 0 Å². The molecule has 15 heavy (non-hydrogen) atoms. The topological polar surface area (TPSA) is 57.8 Å². The van der Waals surface area contributed by atoms with Crippen molar-refractivity contribution in [3.8, 4) is 0 Å². The van der Waals surface area contributed by atoms with Gasteiger partial charge in [-0.15, -0.1) is 0 Å². The Bertz CT molecular complexity index is 447. The van der Waals surface area contributed by atoms with Gasteiger partial charge in [-0.05, 0) is 23.9 Å². The Labute approximate surface area is 91.3 Å². The van der Waals surface area contributed by atoms with Crippen LogP contribution in [0.2, 0.25) is 0 Å². The lowest BCUT2D eigenvalue weighted by Gasteiger charge is -2.02. The van der Waals surface area contributed by atoms with Gasteiger partial charge in [0, 0.05) is 11.6 Å². The lowest BCUT2D eigenvalue weighted by Crippen LogP contribution is -2.23. The maximum atomic E-state index is 11.7. The van der Waals surface area contributed by atoms with Crippen LogP contribution in [0.4, 0.5) is 0 Å². The number of aromatic amines is 1. The van der Waals surface area contributed by atoms with E-state index in [0.717, 1.165) is 16.8 Å². The standard InChI is InChI=1S/C10H11N3OS/c1-7-5-15-6-9(7)10(14)11-4-8-2-3-12-13-8/h2-3,5-6H,4H2,1H3,(H,11,14)(H,12,13). The molecule has 0 spiro atoms. The van der Waals surface area contributed by atoms with E-state index >= 15 is 0 Å². The normalized spacial score (nSPS) is 10.2. The predicted molar refractivity (Wildman–Crippen MR) is 58.8 cm³/mol. The van der Waals surface area contributed by atoms with Crippen LogP contribution in [-0.4, -0.2) is 16.1 Å². The molecule has 0 saturated carbocycles. The molecule has 0 atom stereocenters. The molecule has 0 aliphatic heterocycles. The van der Waals surface area contributed by atoms with E-state index in [1.807, 2.05) is 23.8 Å². The zero-order chi connectivity index (χ0) is 10.7. The number of nitrogens with zero attached hydrogens (tertiary/aromatic N) is 1. The van der Waals surface area contributed by atoms with Crippen LogP contribution >= 0.6 is 11.3 Å². The average Bonchev–Trinajstić information content (AvgIpc) is 2.84. The summed E-state index contributed by atoms with van der Waals surface area (Å²) in [6, 6.07) is 1.83. The van der Waals surface area contributed by atoms with Gasteiger partial charge in [0.05, 0.1) is 17.8 Å². The van der Waals surface area contributed by atoms with Gasteiger partial charge in [0.25, 0.3) is 5.91 Å². The van der Waals surface area contributed by atoms with Crippen LogP contribution in [0.1, 0.15) is 21.6 Å². The third-order valence-electron chi connectivity index (χ3n) is 2.10. The van der Waals surface area contributed by atoms with Crippen molar-refractivity contribution in [1.29, 1.82) is 0 Å². The molecule has 2 heterocycles. The molecule has 0 radical (unpaired) electrons. The van der Waals surface area contributed by atoms with Gasteiger partial charge in [0.1, 0.15) is 0 Å². The van der Waals surface area contributed by atoms with Crippen LogP contribution in [0, 0.1) is 6.92 Å². The zero-order valence-electron chi connectivity index (χ0n) is 8.28.